The van der Waals surface area contributed by atoms with E-state index in [0.717, 1.165) is 0 Å². The summed E-state index contributed by atoms with van der Waals surface area (Å²) in [6.45, 7) is 15.5. The summed E-state index contributed by atoms with van der Waals surface area (Å²) in [7, 11) is 1.21. The van der Waals surface area contributed by atoms with Crippen LogP contribution in [0.1, 0.15) is 75.2 Å². The van der Waals surface area contributed by atoms with Crippen molar-refractivity contribution in [2.45, 2.75) is 104 Å². The Morgan fingerprint density at radius 3 is 1.69 bits per heavy atom. The van der Waals surface area contributed by atoms with E-state index in [0.29, 0.717) is 0 Å². The standard InChI is InChI=1S/C22H40N2O8/c1-20(2,3)30-13-15(17(26)29-10)23-16(25)12-11-14(18(27)31-21(4,5)6)24-19(28)32-22(7,8)9/h14-15H,11-13H2,1-10H3,(H,23,25)(H,24,28)/t14-,15-/m0/s1. The number of ether oxygens (including phenoxy) is 4. The second-order valence-corrected chi connectivity index (χ2v) is 10.3. The molecule has 0 spiro atoms. The fourth-order valence-corrected chi connectivity index (χ4v) is 2.26. The molecule has 0 bridgehead atoms. The van der Waals surface area contributed by atoms with E-state index in [-0.39, 0.29) is 19.4 Å². The maximum atomic E-state index is 12.5. The van der Waals surface area contributed by atoms with Gasteiger partial charge in [-0.15, -0.1) is 0 Å². The summed E-state index contributed by atoms with van der Waals surface area (Å²) < 4.78 is 20.8. The number of hydrogen-bond donors (Lipinski definition) is 2. The van der Waals surface area contributed by atoms with Gasteiger partial charge in [0.1, 0.15) is 17.2 Å². The minimum atomic E-state index is -1.11. The van der Waals surface area contributed by atoms with Gasteiger partial charge in [-0.2, -0.15) is 0 Å². The third-order valence-electron chi connectivity index (χ3n) is 3.55. The van der Waals surface area contributed by atoms with Crippen molar-refractivity contribution in [1.82, 2.24) is 10.6 Å². The van der Waals surface area contributed by atoms with Crippen molar-refractivity contribution < 1.29 is 38.1 Å². The number of hydrogen-bond acceptors (Lipinski definition) is 8. The van der Waals surface area contributed by atoms with Crippen molar-refractivity contribution in [3.63, 3.8) is 0 Å². The Hall–Kier alpha value is -2.36. The van der Waals surface area contributed by atoms with Crippen molar-refractivity contribution in [3.05, 3.63) is 0 Å². The highest BCUT2D eigenvalue weighted by molar-refractivity contribution is 5.86. The molecule has 0 aliphatic rings. The van der Waals surface area contributed by atoms with E-state index in [9.17, 15) is 19.2 Å². The number of rotatable bonds is 9. The third kappa shape index (κ3) is 14.6. The summed E-state index contributed by atoms with van der Waals surface area (Å²) in [5.74, 6) is -1.87. The van der Waals surface area contributed by atoms with Crippen molar-refractivity contribution in [2.24, 2.45) is 0 Å². The predicted molar refractivity (Wildman–Crippen MR) is 118 cm³/mol. The summed E-state index contributed by atoms with van der Waals surface area (Å²) >= 11 is 0. The van der Waals surface area contributed by atoms with E-state index in [4.69, 9.17) is 18.9 Å². The summed E-state index contributed by atoms with van der Waals surface area (Å²) in [5, 5.41) is 4.99. The number of carbonyl (C=O) groups is 4. The lowest BCUT2D eigenvalue weighted by Gasteiger charge is -2.26. The highest BCUT2D eigenvalue weighted by Gasteiger charge is 2.30. The van der Waals surface area contributed by atoms with Crippen LogP contribution in [-0.2, 0) is 33.3 Å². The average molecular weight is 461 g/mol. The van der Waals surface area contributed by atoms with Crippen LogP contribution < -0.4 is 10.6 Å². The topological polar surface area (TPSA) is 129 Å². The van der Waals surface area contributed by atoms with E-state index < -0.39 is 52.8 Å². The quantitative estimate of drug-likeness (QED) is 0.397. The molecule has 186 valence electrons. The minimum absolute atomic E-state index is 0.0615. The van der Waals surface area contributed by atoms with Crippen LogP contribution in [-0.4, -0.2) is 66.5 Å². The van der Waals surface area contributed by atoms with Crippen molar-refractivity contribution in [1.29, 1.82) is 0 Å². The van der Waals surface area contributed by atoms with E-state index in [1.54, 1.807) is 41.5 Å². The molecule has 0 saturated heterocycles. The molecule has 0 heterocycles. The van der Waals surface area contributed by atoms with Crippen molar-refractivity contribution in [2.75, 3.05) is 13.7 Å². The molecule has 0 aliphatic carbocycles. The second kappa shape index (κ2) is 12.0. The number of carbonyl (C=O) groups excluding carboxylic acids is 4. The molecule has 0 unspecified atom stereocenters. The minimum Gasteiger partial charge on any atom is -0.467 e. The van der Waals surface area contributed by atoms with Crippen LogP contribution in [0.25, 0.3) is 0 Å². The van der Waals surface area contributed by atoms with Gasteiger partial charge in [0.25, 0.3) is 0 Å². The number of nitrogens with one attached hydrogen (secondary N) is 2. The van der Waals surface area contributed by atoms with Crippen molar-refractivity contribution >= 4 is 23.9 Å². The van der Waals surface area contributed by atoms with Crippen LogP contribution >= 0.6 is 0 Å². The number of amides is 2. The molecule has 0 radical (unpaired) electrons. The van der Waals surface area contributed by atoms with E-state index in [1.165, 1.54) is 7.11 Å². The maximum Gasteiger partial charge on any atom is 0.408 e. The Kier molecular flexibility index (Phi) is 11.1. The van der Waals surface area contributed by atoms with Gasteiger partial charge in [0.2, 0.25) is 5.91 Å². The Morgan fingerprint density at radius 1 is 0.719 bits per heavy atom. The molecule has 0 aromatic heterocycles. The Labute approximate surface area is 191 Å². The molecular formula is C22H40N2O8. The molecular weight excluding hydrogens is 420 g/mol. The van der Waals surface area contributed by atoms with Gasteiger partial charge in [0.15, 0.2) is 6.04 Å². The SMILES string of the molecule is COC(=O)[C@H](COC(C)(C)C)NC(=O)CC[C@H](NC(=O)OC(C)(C)C)C(=O)OC(C)(C)C. The van der Waals surface area contributed by atoms with Gasteiger partial charge in [0, 0.05) is 6.42 Å². The number of methoxy groups -OCH3 is 1. The lowest BCUT2D eigenvalue weighted by Crippen LogP contribution is -2.48. The molecule has 0 aliphatic heterocycles. The molecule has 32 heavy (non-hydrogen) atoms. The molecule has 2 N–H and O–H groups in total. The first-order chi connectivity index (χ1) is 14.3. The lowest BCUT2D eigenvalue weighted by molar-refractivity contribution is -0.158. The van der Waals surface area contributed by atoms with Gasteiger partial charge in [0.05, 0.1) is 19.3 Å². The fraction of sp³-hybridized carbons (Fsp3) is 0.818. The first-order valence-electron chi connectivity index (χ1n) is 10.6. The number of alkyl carbamates (subject to hydrolysis) is 1. The normalized spacial score (nSPS) is 14.1. The predicted octanol–water partition coefficient (Wildman–Crippen LogP) is 2.47. The van der Waals surface area contributed by atoms with Gasteiger partial charge < -0.3 is 29.6 Å². The van der Waals surface area contributed by atoms with Gasteiger partial charge in [-0.05, 0) is 68.7 Å². The van der Waals surface area contributed by atoms with Crippen LogP contribution in [0.4, 0.5) is 4.79 Å². The average Bonchev–Trinajstić information content (AvgIpc) is 2.57. The molecule has 2 amide bonds. The van der Waals surface area contributed by atoms with Gasteiger partial charge in [-0.25, -0.2) is 14.4 Å². The zero-order valence-electron chi connectivity index (χ0n) is 21.0. The molecule has 0 fully saturated rings. The third-order valence-corrected chi connectivity index (χ3v) is 3.55. The smallest absolute Gasteiger partial charge is 0.408 e. The van der Waals surface area contributed by atoms with E-state index >= 15 is 0 Å². The van der Waals surface area contributed by atoms with Gasteiger partial charge in [-0.3, -0.25) is 4.79 Å². The molecule has 0 saturated carbocycles. The Bertz CT molecular complexity index is 656. The van der Waals surface area contributed by atoms with Crippen molar-refractivity contribution in [3.8, 4) is 0 Å². The summed E-state index contributed by atoms with van der Waals surface area (Å²) in [4.78, 5) is 49.1. The van der Waals surface area contributed by atoms with Crippen LogP contribution in [0.2, 0.25) is 0 Å². The van der Waals surface area contributed by atoms with E-state index in [2.05, 4.69) is 10.6 Å². The van der Waals surface area contributed by atoms with Crippen LogP contribution in [0.3, 0.4) is 0 Å². The molecule has 10 heteroatoms. The first kappa shape index (κ1) is 29.6. The first-order valence-corrected chi connectivity index (χ1v) is 10.6. The van der Waals surface area contributed by atoms with Crippen LogP contribution in [0.15, 0.2) is 0 Å². The summed E-state index contributed by atoms with van der Waals surface area (Å²) in [6, 6.07) is -2.12. The summed E-state index contributed by atoms with van der Waals surface area (Å²) in [6.07, 6.45) is -1.03. The largest absolute Gasteiger partial charge is 0.467 e. The number of esters is 2. The second-order valence-electron chi connectivity index (χ2n) is 10.3. The monoisotopic (exact) mass is 460 g/mol. The molecule has 10 nitrogen and oxygen atoms in total. The maximum absolute atomic E-state index is 12.5. The van der Waals surface area contributed by atoms with Crippen LogP contribution in [0, 0.1) is 0 Å². The highest BCUT2D eigenvalue weighted by Crippen LogP contribution is 2.13. The summed E-state index contributed by atoms with van der Waals surface area (Å²) in [5.41, 5.74) is -2.07. The lowest BCUT2D eigenvalue weighted by atomic mass is 10.1. The Balaban J connectivity index is 5.17. The van der Waals surface area contributed by atoms with Gasteiger partial charge >= 0.3 is 18.0 Å². The fourth-order valence-electron chi connectivity index (χ4n) is 2.26. The molecule has 0 aromatic rings. The van der Waals surface area contributed by atoms with Gasteiger partial charge in [-0.1, -0.05) is 0 Å². The molecule has 0 aromatic carbocycles. The Morgan fingerprint density at radius 2 is 1.25 bits per heavy atom. The zero-order valence-corrected chi connectivity index (χ0v) is 21.0. The zero-order chi connectivity index (χ0) is 25.3. The van der Waals surface area contributed by atoms with Crippen LogP contribution in [0.5, 0.6) is 0 Å². The molecule has 0 rings (SSSR count). The highest BCUT2D eigenvalue weighted by atomic mass is 16.6. The molecule has 2 atom stereocenters. The van der Waals surface area contributed by atoms with E-state index in [1.807, 2.05) is 20.8 Å².